The predicted octanol–water partition coefficient (Wildman–Crippen LogP) is 5.96. The molecule has 1 aliphatic rings. The third-order valence-corrected chi connectivity index (χ3v) is 4.52. The van der Waals surface area contributed by atoms with E-state index in [0.29, 0.717) is 6.07 Å². The van der Waals surface area contributed by atoms with E-state index in [4.69, 9.17) is 4.74 Å². The van der Waals surface area contributed by atoms with Crippen molar-refractivity contribution in [2.75, 3.05) is 11.5 Å². The summed E-state index contributed by atoms with van der Waals surface area (Å²) in [6.45, 7) is 0.239. The summed E-state index contributed by atoms with van der Waals surface area (Å²) in [5.74, 6) is -1.95. The normalized spacial score (nSPS) is 14.9. The van der Waals surface area contributed by atoms with Crippen molar-refractivity contribution in [1.82, 2.24) is 0 Å². The van der Waals surface area contributed by atoms with Crippen molar-refractivity contribution in [3.63, 3.8) is 0 Å². The Morgan fingerprint density at radius 2 is 1.58 bits per heavy atom. The molecule has 0 aromatic heterocycles. The molecule has 0 saturated heterocycles. The van der Waals surface area contributed by atoms with Gasteiger partial charge in [0.2, 0.25) is 0 Å². The fourth-order valence-corrected chi connectivity index (χ4v) is 3.25. The summed E-state index contributed by atoms with van der Waals surface area (Å²) in [7, 11) is 0. The summed E-state index contributed by atoms with van der Waals surface area (Å²) < 4.78 is 46.3. The van der Waals surface area contributed by atoms with Crippen LogP contribution in [0.1, 0.15) is 32.1 Å². The van der Waals surface area contributed by atoms with Gasteiger partial charge in [0.15, 0.2) is 0 Å². The fourth-order valence-electron chi connectivity index (χ4n) is 3.25. The minimum atomic E-state index is -0.832. The highest BCUT2D eigenvalue weighted by molar-refractivity contribution is 5.96. The number of hydrogen-bond acceptors (Lipinski definition) is 2. The number of carbonyl (C=O) groups excluding carboxylic acids is 1. The Balaban J connectivity index is 1.85. The molecule has 138 valence electrons. The first-order valence-corrected chi connectivity index (χ1v) is 8.71. The largest absolute Gasteiger partial charge is 0.449 e. The second-order valence-electron chi connectivity index (χ2n) is 6.52. The van der Waals surface area contributed by atoms with Gasteiger partial charge >= 0.3 is 6.09 Å². The maximum Gasteiger partial charge on any atom is 0.418 e. The fraction of sp³-hybridized carbons (Fsp3) is 0.350. The molecule has 26 heavy (non-hydrogen) atoms. The number of hydrogen-bond donors (Lipinski definition) is 0. The summed E-state index contributed by atoms with van der Waals surface area (Å²) in [5.41, 5.74) is 0.0883. The van der Waals surface area contributed by atoms with Crippen molar-refractivity contribution in [3.8, 4) is 0 Å². The highest BCUT2D eigenvalue weighted by Crippen LogP contribution is 2.29. The van der Waals surface area contributed by atoms with Crippen LogP contribution in [0.5, 0.6) is 0 Å². The minimum absolute atomic E-state index is 0.0539. The topological polar surface area (TPSA) is 29.5 Å². The molecule has 3 nitrogen and oxygen atoms in total. The van der Waals surface area contributed by atoms with Gasteiger partial charge in [-0.15, -0.1) is 0 Å². The van der Waals surface area contributed by atoms with Crippen LogP contribution in [0.3, 0.4) is 0 Å². The number of anilines is 2. The van der Waals surface area contributed by atoms with Crippen LogP contribution in [-0.2, 0) is 4.74 Å². The van der Waals surface area contributed by atoms with Gasteiger partial charge in [0.25, 0.3) is 0 Å². The molecule has 0 atom stereocenters. The Hall–Kier alpha value is -2.50. The molecule has 1 fully saturated rings. The van der Waals surface area contributed by atoms with Crippen molar-refractivity contribution in [1.29, 1.82) is 0 Å². The Morgan fingerprint density at radius 1 is 0.923 bits per heavy atom. The van der Waals surface area contributed by atoms with Gasteiger partial charge in [-0.05, 0) is 49.1 Å². The first-order chi connectivity index (χ1) is 12.5. The number of carbonyl (C=O) groups is 1. The highest BCUT2D eigenvalue weighted by Gasteiger charge is 2.23. The molecule has 0 heterocycles. The number of ether oxygens (including phenoxy) is 1. The molecule has 0 bridgehead atoms. The number of halogens is 3. The average Bonchev–Trinajstić information content (AvgIpc) is 2.60. The maximum atomic E-state index is 13.6. The van der Waals surface area contributed by atoms with Crippen LogP contribution in [0, 0.1) is 23.4 Å². The van der Waals surface area contributed by atoms with Crippen LogP contribution >= 0.6 is 0 Å². The van der Waals surface area contributed by atoms with E-state index in [1.54, 1.807) is 0 Å². The number of amides is 1. The summed E-state index contributed by atoms with van der Waals surface area (Å²) >= 11 is 0. The monoisotopic (exact) mass is 363 g/mol. The zero-order valence-electron chi connectivity index (χ0n) is 14.3. The summed E-state index contributed by atoms with van der Waals surface area (Å²) in [6.07, 6.45) is 4.58. The van der Waals surface area contributed by atoms with Gasteiger partial charge in [-0.1, -0.05) is 25.3 Å². The molecule has 1 saturated carbocycles. The number of benzene rings is 2. The lowest BCUT2D eigenvalue weighted by molar-refractivity contribution is 0.124. The van der Waals surface area contributed by atoms with Crippen molar-refractivity contribution in [2.45, 2.75) is 32.1 Å². The smallest absolute Gasteiger partial charge is 0.418 e. The van der Waals surface area contributed by atoms with Gasteiger partial charge in [0.05, 0.1) is 18.0 Å². The zero-order valence-corrected chi connectivity index (χ0v) is 14.3. The van der Waals surface area contributed by atoms with Gasteiger partial charge < -0.3 is 4.74 Å². The van der Waals surface area contributed by atoms with E-state index in [0.717, 1.165) is 48.8 Å². The van der Waals surface area contributed by atoms with Crippen LogP contribution in [0.4, 0.5) is 29.3 Å². The van der Waals surface area contributed by atoms with Crippen molar-refractivity contribution in [3.05, 3.63) is 59.9 Å². The first-order valence-electron chi connectivity index (χ1n) is 8.71. The van der Waals surface area contributed by atoms with Crippen LogP contribution in [0.2, 0.25) is 0 Å². The molecule has 0 radical (unpaired) electrons. The van der Waals surface area contributed by atoms with E-state index < -0.39 is 23.5 Å². The SMILES string of the molecule is O=C(OCC1CCCCC1)N(c1cccc(F)c1)c1cc(F)cc(F)c1. The van der Waals surface area contributed by atoms with E-state index in [2.05, 4.69) is 0 Å². The number of rotatable bonds is 4. The Kier molecular flexibility index (Phi) is 5.81. The predicted molar refractivity (Wildman–Crippen MR) is 92.8 cm³/mol. The molecule has 0 N–H and O–H groups in total. The van der Waals surface area contributed by atoms with Crippen molar-refractivity contribution < 1.29 is 22.7 Å². The van der Waals surface area contributed by atoms with E-state index in [9.17, 15) is 18.0 Å². The maximum absolute atomic E-state index is 13.6. The highest BCUT2D eigenvalue weighted by atomic mass is 19.1. The number of nitrogens with zero attached hydrogens (tertiary/aromatic N) is 1. The van der Waals surface area contributed by atoms with Gasteiger partial charge in [0.1, 0.15) is 17.5 Å². The molecule has 1 aliphatic carbocycles. The average molecular weight is 363 g/mol. The minimum Gasteiger partial charge on any atom is -0.449 e. The van der Waals surface area contributed by atoms with Gasteiger partial charge in [0, 0.05) is 6.07 Å². The van der Waals surface area contributed by atoms with Crippen LogP contribution in [-0.4, -0.2) is 12.7 Å². The molecule has 2 aromatic carbocycles. The Labute approximate surface area is 150 Å². The van der Waals surface area contributed by atoms with E-state index in [1.807, 2.05) is 0 Å². The first kappa shape index (κ1) is 18.3. The molecular formula is C20H20F3NO2. The van der Waals surface area contributed by atoms with E-state index in [-0.39, 0.29) is 23.9 Å². The van der Waals surface area contributed by atoms with Crippen LogP contribution in [0.15, 0.2) is 42.5 Å². The Bertz CT molecular complexity index is 755. The molecule has 6 heteroatoms. The standard InChI is InChI=1S/C20H20F3NO2/c21-15-7-4-8-18(10-15)24(19-11-16(22)9-17(23)12-19)20(25)26-13-14-5-2-1-3-6-14/h4,7-12,14H,1-3,5-6,13H2. The molecule has 2 aromatic rings. The van der Waals surface area contributed by atoms with Gasteiger partial charge in [-0.2, -0.15) is 0 Å². The molecular weight excluding hydrogens is 343 g/mol. The lowest BCUT2D eigenvalue weighted by atomic mass is 9.90. The van der Waals surface area contributed by atoms with E-state index in [1.165, 1.54) is 24.6 Å². The zero-order chi connectivity index (χ0) is 18.5. The summed E-state index contributed by atoms with van der Waals surface area (Å²) in [5, 5.41) is 0. The van der Waals surface area contributed by atoms with Crippen LogP contribution in [0.25, 0.3) is 0 Å². The second kappa shape index (κ2) is 8.25. The third-order valence-electron chi connectivity index (χ3n) is 4.52. The second-order valence-corrected chi connectivity index (χ2v) is 6.52. The molecule has 0 aliphatic heterocycles. The Morgan fingerprint density at radius 3 is 2.23 bits per heavy atom. The quantitative estimate of drug-likeness (QED) is 0.671. The summed E-state index contributed by atoms with van der Waals surface area (Å²) in [6, 6.07) is 7.97. The van der Waals surface area contributed by atoms with E-state index >= 15 is 0 Å². The molecule has 0 unspecified atom stereocenters. The third kappa shape index (κ3) is 4.56. The van der Waals surface area contributed by atoms with Crippen molar-refractivity contribution in [2.24, 2.45) is 5.92 Å². The molecule has 1 amide bonds. The van der Waals surface area contributed by atoms with Crippen molar-refractivity contribution >= 4 is 17.5 Å². The lowest BCUT2D eigenvalue weighted by Gasteiger charge is -2.25. The summed E-state index contributed by atoms with van der Waals surface area (Å²) in [4.78, 5) is 13.6. The lowest BCUT2D eigenvalue weighted by Crippen LogP contribution is -2.29. The molecule has 3 rings (SSSR count). The van der Waals surface area contributed by atoms with Gasteiger partial charge in [-0.3, -0.25) is 0 Å². The van der Waals surface area contributed by atoms with Crippen LogP contribution < -0.4 is 4.90 Å². The van der Waals surface area contributed by atoms with Gasteiger partial charge in [-0.25, -0.2) is 22.9 Å². The molecule has 0 spiro atoms.